The van der Waals surface area contributed by atoms with Crippen LogP contribution in [0.1, 0.15) is 5.56 Å². The fraction of sp³-hybridized carbons (Fsp3) is 0.222. The fourth-order valence-electron chi connectivity index (χ4n) is 1.19. The Morgan fingerprint density at radius 2 is 1.92 bits per heavy atom. The molecule has 1 aromatic rings. The summed E-state index contributed by atoms with van der Waals surface area (Å²) in [7, 11) is 0. The molecular formula is C9H7Cl2NS. The van der Waals surface area contributed by atoms with Crippen molar-refractivity contribution in [2.75, 3.05) is 12.3 Å². The first-order valence-electron chi connectivity index (χ1n) is 3.90. The van der Waals surface area contributed by atoms with Crippen LogP contribution in [0.15, 0.2) is 23.2 Å². The summed E-state index contributed by atoms with van der Waals surface area (Å²) in [5.74, 6) is 1.02. The first-order chi connectivity index (χ1) is 6.29. The van der Waals surface area contributed by atoms with E-state index in [0.29, 0.717) is 10.0 Å². The summed E-state index contributed by atoms with van der Waals surface area (Å²) >= 11 is 13.8. The van der Waals surface area contributed by atoms with E-state index in [1.165, 1.54) is 0 Å². The van der Waals surface area contributed by atoms with Crippen molar-refractivity contribution in [1.29, 1.82) is 0 Å². The maximum Gasteiger partial charge on any atom is 0.101 e. The molecule has 1 heterocycles. The summed E-state index contributed by atoms with van der Waals surface area (Å²) in [6.45, 7) is 0.863. The molecule has 0 bridgehead atoms. The van der Waals surface area contributed by atoms with Gasteiger partial charge in [-0.15, -0.1) is 11.8 Å². The molecule has 68 valence electrons. The van der Waals surface area contributed by atoms with Gasteiger partial charge in [0.1, 0.15) is 5.04 Å². The summed E-state index contributed by atoms with van der Waals surface area (Å²) in [5.41, 5.74) is 0.883. The summed E-state index contributed by atoms with van der Waals surface area (Å²) in [6, 6.07) is 5.52. The molecule has 0 radical (unpaired) electrons. The van der Waals surface area contributed by atoms with Gasteiger partial charge in [0.25, 0.3) is 0 Å². The predicted octanol–water partition coefficient (Wildman–Crippen LogP) is 3.49. The SMILES string of the molecule is Clc1cccc(Cl)c1C1=NCCS1. The standard InChI is InChI=1S/C9H7Cl2NS/c10-6-2-1-3-7(11)8(6)9-12-4-5-13-9/h1-3H,4-5H2. The van der Waals surface area contributed by atoms with E-state index < -0.39 is 0 Å². The Labute approximate surface area is 91.1 Å². The average Bonchev–Trinajstić information content (AvgIpc) is 2.57. The number of benzene rings is 1. The van der Waals surface area contributed by atoms with Crippen molar-refractivity contribution in [3.05, 3.63) is 33.8 Å². The summed E-state index contributed by atoms with van der Waals surface area (Å²) < 4.78 is 0. The number of nitrogens with zero attached hydrogens (tertiary/aromatic N) is 1. The zero-order chi connectivity index (χ0) is 9.26. The largest absolute Gasteiger partial charge is 0.277 e. The highest BCUT2D eigenvalue weighted by Crippen LogP contribution is 2.30. The molecule has 0 N–H and O–H groups in total. The van der Waals surface area contributed by atoms with Crippen LogP contribution < -0.4 is 0 Å². The highest BCUT2D eigenvalue weighted by molar-refractivity contribution is 8.14. The van der Waals surface area contributed by atoms with E-state index in [1.54, 1.807) is 11.8 Å². The second-order valence-corrected chi connectivity index (χ2v) is 4.53. The van der Waals surface area contributed by atoms with E-state index in [1.807, 2.05) is 18.2 Å². The number of hydrogen-bond donors (Lipinski definition) is 0. The summed E-state index contributed by atoms with van der Waals surface area (Å²) in [5, 5.41) is 2.33. The van der Waals surface area contributed by atoms with Crippen molar-refractivity contribution >= 4 is 40.0 Å². The molecule has 0 fully saturated rings. The van der Waals surface area contributed by atoms with Gasteiger partial charge in [-0.05, 0) is 12.1 Å². The summed E-state index contributed by atoms with van der Waals surface area (Å²) in [6.07, 6.45) is 0. The van der Waals surface area contributed by atoms with Crippen LogP contribution in [0.5, 0.6) is 0 Å². The van der Waals surface area contributed by atoms with Crippen molar-refractivity contribution in [2.45, 2.75) is 0 Å². The zero-order valence-corrected chi connectivity index (χ0v) is 9.09. The van der Waals surface area contributed by atoms with E-state index in [9.17, 15) is 0 Å². The van der Waals surface area contributed by atoms with Crippen molar-refractivity contribution in [1.82, 2.24) is 0 Å². The van der Waals surface area contributed by atoms with Gasteiger partial charge in [0.15, 0.2) is 0 Å². The lowest BCUT2D eigenvalue weighted by atomic mass is 10.2. The van der Waals surface area contributed by atoms with Crippen LogP contribution in [0.25, 0.3) is 0 Å². The second-order valence-electron chi connectivity index (χ2n) is 2.63. The molecular weight excluding hydrogens is 225 g/mol. The van der Waals surface area contributed by atoms with Crippen LogP contribution in [0.4, 0.5) is 0 Å². The molecule has 1 aromatic carbocycles. The molecule has 2 rings (SSSR count). The van der Waals surface area contributed by atoms with Crippen LogP contribution in [0.3, 0.4) is 0 Å². The molecule has 0 aromatic heterocycles. The van der Waals surface area contributed by atoms with Gasteiger partial charge in [-0.3, -0.25) is 4.99 Å². The lowest BCUT2D eigenvalue weighted by Gasteiger charge is -2.04. The minimum Gasteiger partial charge on any atom is -0.277 e. The lowest BCUT2D eigenvalue weighted by molar-refractivity contribution is 1.17. The number of hydrogen-bond acceptors (Lipinski definition) is 2. The van der Waals surface area contributed by atoms with Crippen molar-refractivity contribution in [2.24, 2.45) is 4.99 Å². The van der Waals surface area contributed by atoms with Gasteiger partial charge in [-0.2, -0.15) is 0 Å². The van der Waals surface area contributed by atoms with Crippen molar-refractivity contribution in [3.63, 3.8) is 0 Å². The van der Waals surface area contributed by atoms with E-state index in [-0.39, 0.29) is 0 Å². The molecule has 0 aliphatic carbocycles. The maximum atomic E-state index is 6.03. The van der Waals surface area contributed by atoms with Gasteiger partial charge in [-0.1, -0.05) is 29.3 Å². The molecule has 1 nitrogen and oxygen atoms in total. The van der Waals surface area contributed by atoms with Crippen LogP contribution in [0.2, 0.25) is 10.0 Å². The predicted molar refractivity (Wildman–Crippen MR) is 60.3 cm³/mol. The Kier molecular flexibility index (Phi) is 2.82. The van der Waals surface area contributed by atoms with Crippen LogP contribution in [-0.2, 0) is 0 Å². The molecule has 0 spiro atoms. The lowest BCUT2D eigenvalue weighted by Crippen LogP contribution is -1.94. The molecule has 0 saturated carbocycles. The Morgan fingerprint density at radius 1 is 1.23 bits per heavy atom. The van der Waals surface area contributed by atoms with Crippen LogP contribution >= 0.6 is 35.0 Å². The number of thioether (sulfide) groups is 1. The molecule has 0 amide bonds. The second kappa shape index (κ2) is 3.91. The van der Waals surface area contributed by atoms with E-state index in [0.717, 1.165) is 22.9 Å². The Hall–Kier alpha value is -0.180. The van der Waals surface area contributed by atoms with Gasteiger partial charge in [0.05, 0.1) is 10.0 Å². The Bertz CT molecular complexity index is 342. The van der Waals surface area contributed by atoms with Gasteiger partial charge in [-0.25, -0.2) is 0 Å². The first kappa shape index (κ1) is 9.38. The number of aliphatic imine (C=N–C) groups is 1. The van der Waals surface area contributed by atoms with Crippen LogP contribution in [0, 0.1) is 0 Å². The highest BCUT2D eigenvalue weighted by Gasteiger charge is 2.15. The third-order valence-corrected chi connectivity index (χ3v) is 3.39. The molecule has 1 aliphatic rings. The third kappa shape index (κ3) is 1.85. The number of rotatable bonds is 1. The monoisotopic (exact) mass is 231 g/mol. The molecule has 4 heteroatoms. The van der Waals surface area contributed by atoms with Gasteiger partial charge in [0, 0.05) is 17.9 Å². The smallest absolute Gasteiger partial charge is 0.101 e. The Balaban J connectivity index is 2.49. The third-order valence-electron chi connectivity index (χ3n) is 1.76. The fourth-order valence-corrected chi connectivity index (χ4v) is 2.80. The minimum absolute atomic E-state index is 0.681. The number of halogens is 2. The van der Waals surface area contributed by atoms with E-state index in [2.05, 4.69) is 4.99 Å². The maximum absolute atomic E-state index is 6.03. The van der Waals surface area contributed by atoms with Gasteiger partial charge in [0.2, 0.25) is 0 Å². The molecule has 0 atom stereocenters. The van der Waals surface area contributed by atoms with Crippen molar-refractivity contribution in [3.8, 4) is 0 Å². The molecule has 0 saturated heterocycles. The minimum atomic E-state index is 0.681. The van der Waals surface area contributed by atoms with E-state index >= 15 is 0 Å². The van der Waals surface area contributed by atoms with E-state index in [4.69, 9.17) is 23.2 Å². The van der Waals surface area contributed by atoms with Crippen molar-refractivity contribution < 1.29 is 0 Å². The van der Waals surface area contributed by atoms with Gasteiger partial charge >= 0.3 is 0 Å². The molecule has 0 unspecified atom stereocenters. The van der Waals surface area contributed by atoms with Gasteiger partial charge < -0.3 is 0 Å². The highest BCUT2D eigenvalue weighted by atomic mass is 35.5. The first-order valence-corrected chi connectivity index (χ1v) is 5.65. The quantitative estimate of drug-likeness (QED) is 0.721. The Morgan fingerprint density at radius 3 is 2.46 bits per heavy atom. The molecule has 1 aliphatic heterocycles. The summed E-state index contributed by atoms with van der Waals surface area (Å²) in [4.78, 5) is 4.34. The van der Waals surface area contributed by atoms with Crippen LogP contribution in [-0.4, -0.2) is 17.3 Å². The topological polar surface area (TPSA) is 12.4 Å². The molecule has 13 heavy (non-hydrogen) atoms. The normalized spacial score (nSPS) is 16.0. The average molecular weight is 232 g/mol. The zero-order valence-electron chi connectivity index (χ0n) is 6.76.